The number of piperazine rings is 1. The normalized spacial score (nSPS) is 21.3. The molecule has 1 unspecified atom stereocenters. The largest absolute Gasteiger partial charge is 0.347 e. The van der Waals surface area contributed by atoms with Crippen LogP contribution in [0.25, 0.3) is 0 Å². The molecule has 8 nitrogen and oxygen atoms in total. The molecule has 1 aliphatic heterocycles. The van der Waals surface area contributed by atoms with Crippen molar-refractivity contribution >= 4 is 15.9 Å². The van der Waals surface area contributed by atoms with Crippen LogP contribution in [0.1, 0.15) is 0 Å². The fourth-order valence-corrected chi connectivity index (χ4v) is 3.47. The first kappa shape index (κ1) is 14.0. The third kappa shape index (κ3) is 2.62. The summed E-state index contributed by atoms with van der Waals surface area (Å²) in [7, 11) is -0.501. The van der Waals surface area contributed by atoms with Crippen LogP contribution in [-0.2, 0) is 14.8 Å². The van der Waals surface area contributed by atoms with Crippen LogP contribution < -0.4 is 5.32 Å². The molecule has 2 heterocycles. The summed E-state index contributed by atoms with van der Waals surface area (Å²) in [6, 6.07) is -0.725. The molecule has 0 radical (unpaired) electrons. The van der Waals surface area contributed by atoms with E-state index in [1.165, 1.54) is 21.7 Å². The first-order valence-corrected chi connectivity index (χ1v) is 7.30. The van der Waals surface area contributed by atoms with E-state index in [1.54, 1.807) is 14.1 Å². The maximum absolute atomic E-state index is 12.4. The van der Waals surface area contributed by atoms with Gasteiger partial charge in [0.25, 0.3) is 10.0 Å². The van der Waals surface area contributed by atoms with E-state index in [0.717, 1.165) is 0 Å². The Morgan fingerprint density at radius 3 is 2.84 bits per heavy atom. The van der Waals surface area contributed by atoms with Crippen molar-refractivity contribution in [3.63, 3.8) is 0 Å². The minimum Gasteiger partial charge on any atom is -0.347 e. The Morgan fingerprint density at radius 2 is 2.26 bits per heavy atom. The summed E-state index contributed by atoms with van der Waals surface area (Å²) in [5.74, 6) is -0.240. The molecule has 1 aliphatic rings. The van der Waals surface area contributed by atoms with Gasteiger partial charge in [0, 0.05) is 33.7 Å². The van der Waals surface area contributed by atoms with Crippen LogP contribution in [0.15, 0.2) is 17.6 Å². The van der Waals surface area contributed by atoms with Gasteiger partial charge in [-0.15, -0.1) is 0 Å². The quantitative estimate of drug-likeness (QED) is 0.702. The molecule has 0 spiro atoms. The van der Waals surface area contributed by atoms with Crippen molar-refractivity contribution in [2.24, 2.45) is 0 Å². The van der Waals surface area contributed by atoms with Crippen molar-refractivity contribution in [2.75, 3.05) is 33.7 Å². The Balaban J connectivity index is 2.33. The monoisotopic (exact) mass is 287 g/mol. The molecule has 1 fully saturated rings. The van der Waals surface area contributed by atoms with Gasteiger partial charge in [-0.1, -0.05) is 0 Å². The Bertz CT molecular complexity index is 540. The number of H-pyrrole nitrogens is 1. The van der Waals surface area contributed by atoms with E-state index in [9.17, 15) is 13.2 Å². The predicted molar refractivity (Wildman–Crippen MR) is 67.8 cm³/mol. The number of nitrogens with one attached hydrogen (secondary N) is 2. The zero-order valence-corrected chi connectivity index (χ0v) is 11.6. The smallest absolute Gasteiger partial charge is 0.260 e. The average Bonchev–Trinajstić information content (AvgIpc) is 2.92. The number of likely N-dealkylation sites (N-methyl/N-ethyl adjacent to an activating group) is 1. The number of amides is 1. The fraction of sp³-hybridized carbons (Fsp3) is 0.600. The van der Waals surface area contributed by atoms with Gasteiger partial charge in [0.2, 0.25) is 5.91 Å². The van der Waals surface area contributed by atoms with E-state index in [2.05, 4.69) is 15.3 Å². The van der Waals surface area contributed by atoms with Gasteiger partial charge in [-0.25, -0.2) is 13.4 Å². The number of imidazole rings is 1. The van der Waals surface area contributed by atoms with Gasteiger partial charge in [-0.05, 0) is 0 Å². The molecule has 1 amide bonds. The average molecular weight is 287 g/mol. The second-order valence-corrected chi connectivity index (χ2v) is 6.34. The van der Waals surface area contributed by atoms with E-state index < -0.39 is 16.1 Å². The number of aromatic amines is 1. The highest BCUT2D eigenvalue weighted by atomic mass is 32.2. The third-order valence-electron chi connectivity index (χ3n) is 2.98. The topological polar surface area (TPSA) is 98.4 Å². The summed E-state index contributed by atoms with van der Waals surface area (Å²) in [5, 5.41) is 3.04. The van der Waals surface area contributed by atoms with Crippen molar-refractivity contribution in [3.8, 4) is 0 Å². The molecule has 2 N–H and O–H groups in total. The van der Waals surface area contributed by atoms with Crippen LogP contribution in [0.4, 0.5) is 0 Å². The minimum atomic E-state index is -3.72. The molecular formula is C10H17N5O3S. The highest BCUT2D eigenvalue weighted by molar-refractivity contribution is 7.89. The van der Waals surface area contributed by atoms with Crippen molar-refractivity contribution in [1.29, 1.82) is 0 Å². The van der Waals surface area contributed by atoms with Crippen molar-refractivity contribution in [1.82, 2.24) is 24.5 Å². The Morgan fingerprint density at radius 1 is 1.53 bits per heavy atom. The summed E-state index contributed by atoms with van der Waals surface area (Å²) in [6.45, 7) is 1.08. The van der Waals surface area contributed by atoms with E-state index in [0.29, 0.717) is 13.1 Å². The van der Waals surface area contributed by atoms with E-state index in [-0.39, 0.29) is 17.5 Å². The van der Waals surface area contributed by atoms with Gasteiger partial charge in [0.05, 0.1) is 12.5 Å². The molecule has 0 aromatic carbocycles. The van der Waals surface area contributed by atoms with Crippen LogP contribution in [0.2, 0.25) is 0 Å². The standard InChI is InChI=1S/C10H17N5O3S/c1-14(2)10(16)8-5-11-3-4-15(8)19(17,18)9-6-12-7-13-9/h6-8,11H,3-5H2,1-2H3,(H,12,13). The van der Waals surface area contributed by atoms with Crippen molar-refractivity contribution in [2.45, 2.75) is 11.1 Å². The second kappa shape index (κ2) is 5.27. The number of carbonyl (C=O) groups is 1. The molecule has 2 rings (SSSR count). The molecule has 19 heavy (non-hydrogen) atoms. The van der Waals surface area contributed by atoms with Crippen LogP contribution in [0.5, 0.6) is 0 Å². The van der Waals surface area contributed by atoms with E-state index >= 15 is 0 Å². The summed E-state index contributed by atoms with van der Waals surface area (Å²) in [5.41, 5.74) is 0. The summed E-state index contributed by atoms with van der Waals surface area (Å²) < 4.78 is 26.1. The fourth-order valence-electron chi connectivity index (χ4n) is 1.99. The molecule has 1 atom stereocenters. The van der Waals surface area contributed by atoms with Gasteiger partial charge in [-0.3, -0.25) is 4.79 Å². The lowest BCUT2D eigenvalue weighted by Crippen LogP contribution is -2.59. The maximum atomic E-state index is 12.4. The van der Waals surface area contributed by atoms with Crippen molar-refractivity contribution in [3.05, 3.63) is 12.5 Å². The maximum Gasteiger partial charge on any atom is 0.260 e. The summed E-state index contributed by atoms with van der Waals surface area (Å²) in [4.78, 5) is 19.8. The zero-order valence-electron chi connectivity index (χ0n) is 10.8. The third-order valence-corrected chi connectivity index (χ3v) is 4.81. The van der Waals surface area contributed by atoms with Crippen molar-refractivity contribution < 1.29 is 13.2 Å². The highest BCUT2D eigenvalue weighted by Crippen LogP contribution is 2.18. The molecule has 1 saturated heterocycles. The Hall–Kier alpha value is -1.45. The number of sulfonamides is 1. The lowest BCUT2D eigenvalue weighted by Gasteiger charge is -2.34. The Kier molecular flexibility index (Phi) is 3.88. The van der Waals surface area contributed by atoms with Gasteiger partial charge < -0.3 is 15.2 Å². The first-order chi connectivity index (χ1) is 8.94. The molecule has 9 heteroatoms. The molecule has 0 aliphatic carbocycles. The van der Waals surface area contributed by atoms with Crippen LogP contribution in [0, 0.1) is 0 Å². The number of rotatable bonds is 3. The summed E-state index contributed by atoms with van der Waals surface area (Å²) >= 11 is 0. The lowest BCUT2D eigenvalue weighted by atomic mass is 10.2. The van der Waals surface area contributed by atoms with Gasteiger partial charge >= 0.3 is 0 Å². The molecule has 106 valence electrons. The number of carbonyl (C=O) groups excluding carboxylic acids is 1. The van der Waals surface area contributed by atoms with Gasteiger partial charge in [0.15, 0.2) is 5.03 Å². The number of hydrogen-bond donors (Lipinski definition) is 2. The number of aromatic nitrogens is 2. The van der Waals surface area contributed by atoms with E-state index in [4.69, 9.17) is 0 Å². The predicted octanol–water partition coefficient (Wildman–Crippen LogP) is -1.54. The molecule has 0 saturated carbocycles. The number of nitrogens with zero attached hydrogens (tertiary/aromatic N) is 3. The van der Waals surface area contributed by atoms with Crippen LogP contribution in [-0.4, -0.2) is 73.3 Å². The van der Waals surface area contributed by atoms with Gasteiger partial charge in [0.1, 0.15) is 6.04 Å². The van der Waals surface area contributed by atoms with E-state index in [1.807, 2.05) is 0 Å². The summed E-state index contributed by atoms with van der Waals surface area (Å²) in [6.07, 6.45) is 2.55. The Labute approximate surface area is 111 Å². The highest BCUT2D eigenvalue weighted by Gasteiger charge is 2.38. The molecule has 0 bridgehead atoms. The molecule has 1 aromatic rings. The first-order valence-electron chi connectivity index (χ1n) is 5.86. The lowest BCUT2D eigenvalue weighted by molar-refractivity contribution is -0.133. The number of hydrogen-bond acceptors (Lipinski definition) is 5. The second-order valence-electron chi connectivity index (χ2n) is 4.48. The SMILES string of the molecule is CN(C)C(=O)C1CNCCN1S(=O)(=O)c1cnc[nH]1. The zero-order chi connectivity index (χ0) is 14.0. The molecule has 1 aromatic heterocycles. The van der Waals surface area contributed by atoms with Gasteiger partial charge in [-0.2, -0.15) is 4.31 Å². The van der Waals surface area contributed by atoms with Crippen LogP contribution >= 0.6 is 0 Å². The molecular weight excluding hydrogens is 270 g/mol. The minimum absolute atomic E-state index is 0.00551. The van der Waals surface area contributed by atoms with Crippen LogP contribution in [0.3, 0.4) is 0 Å².